The molecule has 25 heavy (non-hydrogen) atoms. The van der Waals surface area contributed by atoms with Gasteiger partial charge >= 0.3 is 0 Å². The van der Waals surface area contributed by atoms with Crippen LogP contribution in [0.4, 0.5) is 0 Å². The zero-order valence-electron chi connectivity index (χ0n) is 13.0. The van der Waals surface area contributed by atoms with Gasteiger partial charge < -0.3 is 9.72 Å². The summed E-state index contributed by atoms with van der Waals surface area (Å²) in [5.41, 5.74) is 1.38. The van der Waals surface area contributed by atoms with Crippen molar-refractivity contribution in [3.8, 4) is 16.2 Å². The molecule has 2 aromatic carbocycles. The zero-order chi connectivity index (χ0) is 17.2. The van der Waals surface area contributed by atoms with Crippen molar-refractivity contribution in [1.29, 1.82) is 0 Å². The van der Waals surface area contributed by atoms with Gasteiger partial charge in [-0.3, -0.25) is 4.79 Å². The SMILES string of the molecule is O=c1[nH]c(COc2ccccc2)nc2cc(-c3ccccc3Cl)sc12. The van der Waals surface area contributed by atoms with Crippen molar-refractivity contribution in [3.63, 3.8) is 0 Å². The minimum atomic E-state index is -0.167. The molecular weight excluding hydrogens is 356 g/mol. The summed E-state index contributed by atoms with van der Waals surface area (Å²) in [4.78, 5) is 20.6. The molecule has 124 valence electrons. The molecule has 6 heteroatoms. The topological polar surface area (TPSA) is 55.0 Å². The number of hydrogen-bond donors (Lipinski definition) is 1. The van der Waals surface area contributed by atoms with Gasteiger partial charge in [-0.1, -0.05) is 48.0 Å². The van der Waals surface area contributed by atoms with E-state index in [0.29, 0.717) is 21.1 Å². The maximum atomic E-state index is 12.4. The van der Waals surface area contributed by atoms with Crippen LogP contribution in [0.5, 0.6) is 5.75 Å². The fourth-order valence-electron chi connectivity index (χ4n) is 2.52. The van der Waals surface area contributed by atoms with Gasteiger partial charge in [0, 0.05) is 15.5 Å². The van der Waals surface area contributed by atoms with Crippen LogP contribution in [0.15, 0.2) is 65.5 Å². The molecule has 0 amide bonds. The van der Waals surface area contributed by atoms with E-state index in [-0.39, 0.29) is 12.2 Å². The van der Waals surface area contributed by atoms with Gasteiger partial charge in [0.05, 0.1) is 5.52 Å². The van der Waals surface area contributed by atoms with E-state index in [4.69, 9.17) is 16.3 Å². The van der Waals surface area contributed by atoms with Crippen LogP contribution in [0.3, 0.4) is 0 Å². The Morgan fingerprint density at radius 1 is 1.08 bits per heavy atom. The smallest absolute Gasteiger partial charge is 0.268 e. The Morgan fingerprint density at radius 2 is 1.84 bits per heavy atom. The van der Waals surface area contributed by atoms with Crippen LogP contribution in [0, 0.1) is 0 Å². The molecule has 4 rings (SSSR count). The van der Waals surface area contributed by atoms with Crippen LogP contribution in [0.2, 0.25) is 5.02 Å². The molecule has 2 heterocycles. The van der Waals surface area contributed by atoms with Gasteiger partial charge in [0.15, 0.2) is 0 Å². The first-order chi connectivity index (χ1) is 12.2. The molecule has 0 saturated heterocycles. The van der Waals surface area contributed by atoms with Gasteiger partial charge in [-0.15, -0.1) is 11.3 Å². The number of nitrogens with one attached hydrogen (secondary N) is 1. The fourth-order valence-corrected chi connectivity index (χ4v) is 3.84. The van der Waals surface area contributed by atoms with Crippen molar-refractivity contribution < 1.29 is 4.74 Å². The van der Waals surface area contributed by atoms with Crippen molar-refractivity contribution >= 4 is 33.2 Å². The second kappa shape index (κ2) is 6.70. The first-order valence-electron chi connectivity index (χ1n) is 7.66. The fraction of sp³-hybridized carbons (Fsp3) is 0.0526. The van der Waals surface area contributed by atoms with Gasteiger partial charge in [0.25, 0.3) is 5.56 Å². The first-order valence-corrected chi connectivity index (χ1v) is 8.85. The van der Waals surface area contributed by atoms with Crippen LogP contribution in [0.1, 0.15) is 5.82 Å². The summed E-state index contributed by atoms with van der Waals surface area (Å²) in [7, 11) is 0. The lowest BCUT2D eigenvalue weighted by atomic mass is 10.2. The normalized spacial score (nSPS) is 10.9. The van der Waals surface area contributed by atoms with E-state index >= 15 is 0 Å². The molecule has 0 aliphatic heterocycles. The maximum Gasteiger partial charge on any atom is 0.268 e. The zero-order valence-corrected chi connectivity index (χ0v) is 14.6. The summed E-state index contributed by atoms with van der Waals surface area (Å²) in [5.74, 6) is 1.22. The van der Waals surface area contributed by atoms with Crippen LogP contribution < -0.4 is 10.3 Å². The third-order valence-electron chi connectivity index (χ3n) is 3.69. The molecule has 0 radical (unpaired) electrons. The van der Waals surface area contributed by atoms with E-state index in [1.807, 2.05) is 60.7 Å². The Balaban J connectivity index is 1.68. The average Bonchev–Trinajstić information content (AvgIpc) is 3.06. The second-order valence-corrected chi connectivity index (χ2v) is 6.88. The molecule has 0 unspecified atom stereocenters. The molecule has 4 nitrogen and oxygen atoms in total. The molecule has 4 aromatic rings. The highest BCUT2D eigenvalue weighted by molar-refractivity contribution is 7.22. The largest absolute Gasteiger partial charge is 0.486 e. The van der Waals surface area contributed by atoms with Crippen molar-refractivity contribution in [2.45, 2.75) is 6.61 Å². The van der Waals surface area contributed by atoms with Gasteiger partial charge in [-0.2, -0.15) is 0 Å². The van der Waals surface area contributed by atoms with Gasteiger partial charge in [0.2, 0.25) is 0 Å². The molecule has 0 aliphatic rings. The molecule has 0 fully saturated rings. The second-order valence-electron chi connectivity index (χ2n) is 5.42. The monoisotopic (exact) mass is 368 g/mol. The molecule has 0 aliphatic carbocycles. The predicted octanol–water partition coefficient (Wildman–Crippen LogP) is 4.88. The Bertz CT molecular complexity index is 1090. The van der Waals surface area contributed by atoms with Crippen molar-refractivity contribution in [1.82, 2.24) is 9.97 Å². The number of hydrogen-bond acceptors (Lipinski definition) is 4. The molecule has 0 atom stereocenters. The standard InChI is InChI=1S/C19H13ClN2O2S/c20-14-9-5-4-8-13(14)16-10-15-18(25-16)19(23)22-17(21-15)11-24-12-6-2-1-3-7-12/h1-10H,11H2,(H,21,22,23). The van der Waals surface area contributed by atoms with Gasteiger partial charge in [0.1, 0.15) is 22.9 Å². The molecule has 0 bridgehead atoms. The van der Waals surface area contributed by atoms with E-state index < -0.39 is 0 Å². The van der Waals surface area contributed by atoms with Crippen molar-refractivity contribution in [3.05, 3.63) is 81.9 Å². The summed E-state index contributed by atoms with van der Waals surface area (Å²) < 4.78 is 6.24. The van der Waals surface area contributed by atoms with Crippen LogP contribution in [0.25, 0.3) is 20.7 Å². The molecule has 1 N–H and O–H groups in total. The number of fused-ring (bicyclic) bond motifs is 1. The highest BCUT2D eigenvalue weighted by Gasteiger charge is 2.12. The number of halogens is 1. The van der Waals surface area contributed by atoms with Gasteiger partial charge in [-0.25, -0.2) is 4.98 Å². The summed E-state index contributed by atoms with van der Waals surface area (Å²) >= 11 is 7.64. The Hall–Kier alpha value is -2.63. The minimum Gasteiger partial charge on any atom is -0.486 e. The van der Waals surface area contributed by atoms with Crippen LogP contribution in [-0.4, -0.2) is 9.97 Å². The van der Waals surface area contributed by atoms with E-state index in [0.717, 1.165) is 16.2 Å². The lowest BCUT2D eigenvalue weighted by Crippen LogP contribution is -2.12. The van der Waals surface area contributed by atoms with Crippen LogP contribution >= 0.6 is 22.9 Å². The number of thiophene rings is 1. The number of aromatic amines is 1. The summed E-state index contributed by atoms with van der Waals surface area (Å²) in [6.45, 7) is 0.201. The Labute approximate surface area is 152 Å². The number of ether oxygens (including phenoxy) is 1. The lowest BCUT2D eigenvalue weighted by molar-refractivity contribution is 0.296. The highest BCUT2D eigenvalue weighted by Crippen LogP contribution is 2.35. The number of H-pyrrole nitrogens is 1. The summed E-state index contributed by atoms with van der Waals surface area (Å²) in [6, 6.07) is 18.9. The maximum absolute atomic E-state index is 12.4. The third kappa shape index (κ3) is 3.29. The molecular formula is C19H13ClN2O2S. The predicted molar refractivity (Wildman–Crippen MR) is 101 cm³/mol. The molecule has 0 saturated carbocycles. The third-order valence-corrected chi connectivity index (χ3v) is 5.18. The minimum absolute atomic E-state index is 0.167. The van der Waals surface area contributed by atoms with E-state index in [1.165, 1.54) is 11.3 Å². The average molecular weight is 369 g/mol. The number of aromatic nitrogens is 2. The quantitative estimate of drug-likeness (QED) is 0.558. The van der Waals surface area contributed by atoms with Crippen LogP contribution in [-0.2, 0) is 6.61 Å². The summed E-state index contributed by atoms with van der Waals surface area (Å²) in [5, 5.41) is 0.651. The number of nitrogens with zero attached hydrogens (tertiary/aromatic N) is 1. The lowest BCUT2D eigenvalue weighted by Gasteiger charge is -2.04. The highest BCUT2D eigenvalue weighted by atomic mass is 35.5. The van der Waals surface area contributed by atoms with E-state index in [9.17, 15) is 4.79 Å². The number of para-hydroxylation sites is 1. The van der Waals surface area contributed by atoms with E-state index in [2.05, 4.69) is 9.97 Å². The summed E-state index contributed by atoms with van der Waals surface area (Å²) in [6.07, 6.45) is 0. The molecule has 2 aromatic heterocycles. The Kier molecular flexibility index (Phi) is 4.26. The van der Waals surface area contributed by atoms with Gasteiger partial charge in [-0.05, 0) is 24.3 Å². The first kappa shape index (κ1) is 15.9. The van der Waals surface area contributed by atoms with Crippen molar-refractivity contribution in [2.24, 2.45) is 0 Å². The molecule has 0 spiro atoms. The Morgan fingerprint density at radius 3 is 2.64 bits per heavy atom. The van der Waals surface area contributed by atoms with E-state index in [1.54, 1.807) is 0 Å². The number of benzene rings is 2. The number of rotatable bonds is 4. The van der Waals surface area contributed by atoms with Crippen molar-refractivity contribution in [2.75, 3.05) is 0 Å².